The van der Waals surface area contributed by atoms with Crippen molar-refractivity contribution in [3.63, 3.8) is 0 Å². The Bertz CT molecular complexity index is 1130. The largest absolute Gasteiger partial charge is 0.368 e. The van der Waals surface area contributed by atoms with Gasteiger partial charge in [-0.2, -0.15) is 4.68 Å². The fraction of sp³-hybridized carbons (Fsp3) is 0.391. The molecule has 0 aliphatic carbocycles. The van der Waals surface area contributed by atoms with Crippen LogP contribution in [0.2, 0.25) is 0 Å². The second kappa shape index (κ2) is 8.26. The summed E-state index contributed by atoms with van der Waals surface area (Å²) in [5.41, 5.74) is 4.05. The van der Waals surface area contributed by atoms with Crippen LogP contribution in [0.15, 0.2) is 47.3 Å². The third kappa shape index (κ3) is 3.56. The van der Waals surface area contributed by atoms with E-state index in [1.807, 2.05) is 17.9 Å². The lowest BCUT2D eigenvalue weighted by Gasteiger charge is -2.38. The van der Waals surface area contributed by atoms with Crippen molar-refractivity contribution < 1.29 is 4.79 Å². The Hall–Kier alpha value is -3.22. The van der Waals surface area contributed by atoms with Crippen molar-refractivity contribution in [2.24, 2.45) is 0 Å². The summed E-state index contributed by atoms with van der Waals surface area (Å²) in [7, 11) is 0. The van der Waals surface area contributed by atoms with Crippen LogP contribution in [0.3, 0.4) is 0 Å². The zero-order valence-electron chi connectivity index (χ0n) is 17.7. The first-order valence-corrected chi connectivity index (χ1v) is 10.5. The van der Waals surface area contributed by atoms with E-state index >= 15 is 0 Å². The van der Waals surface area contributed by atoms with E-state index in [9.17, 15) is 9.59 Å². The molecule has 1 fully saturated rings. The topological polar surface area (TPSA) is 71.3 Å². The van der Waals surface area contributed by atoms with Gasteiger partial charge in [0.15, 0.2) is 0 Å². The number of hydrogen-bond donors (Lipinski definition) is 0. The minimum absolute atomic E-state index is 0.0650. The summed E-state index contributed by atoms with van der Waals surface area (Å²) in [6, 6.07) is 12.8. The monoisotopic (exact) mass is 405 g/mol. The maximum Gasteiger partial charge on any atom is 0.278 e. The molecule has 1 aliphatic rings. The van der Waals surface area contributed by atoms with Crippen LogP contribution in [0.1, 0.15) is 30.5 Å². The normalized spacial score (nSPS) is 15.4. The SMILES string of the molecule is CC[C@@H](C(=O)N1CCN(c2cccc(C)c2C)CC1)n1nnc2ccccc2c1=O. The highest BCUT2D eigenvalue weighted by Gasteiger charge is 2.30. The highest BCUT2D eigenvalue weighted by molar-refractivity contribution is 5.81. The van der Waals surface area contributed by atoms with E-state index in [1.165, 1.54) is 21.5 Å². The summed E-state index contributed by atoms with van der Waals surface area (Å²) in [6.45, 7) is 8.94. The lowest BCUT2D eigenvalue weighted by molar-refractivity contribution is -0.135. The van der Waals surface area contributed by atoms with Crippen LogP contribution >= 0.6 is 0 Å². The van der Waals surface area contributed by atoms with Gasteiger partial charge in [0.1, 0.15) is 11.6 Å². The van der Waals surface area contributed by atoms with Crippen molar-refractivity contribution in [1.82, 2.24) is 19.9 Å². The molecule has 30 heavy (non-hydrogen) atoms. The molecule has 1 amide bonds. The maximum atomic E-state index is 13.3. The first kappa shape index (κ1) is 20.1. The average molecular weight is 406 g/mol. The van der Waals surface area contributed by atoms with Gasteiger partial charge >= 0.3 is 0 Å². The van der Waals surface area contributed by atoms with Gasteiger partial charge in [-0.3, -0.25) is 9.59 Å². The number of hydrogen-bond acceptors (Lipinski definition) is 5. The summed E-state index contributed by atoms with van der Waals surface area (Å²) >= 11 is 0. The molecule has 1 aliphatic heterocycles. The van der Waals surface area contributed by atoms with Crippen molar-refractivity contribution in [3.8, 4) is 0 Å². The minimum Gasteiger partial charge on any atom is -0.368 e. The van der Waals surface area contributed by atoms with E-state index in [1.54, 1.807) is 18.2 Å². The number of rotatable bonds is 4. The number of fused-ring (bicyclic) bond motifs is 1. The molecular formula is C23H27N5O2. The van der Waals surface area contributed by atoms with Gasteiger partial charge in [-0.15, -0.1) is 5.10 Å². The molecule has 4 rings (SSSR count). The number of anilines is 1. The first-order valence-electron chi connectivity index (χ1n) is 10.5. The van der Waals surface area contributed by atoms with E-state index in [4.69, 9.17) is 0 Å². The predicted octanol–water partition coefficient (Wildman–Crippen LogP) is 2.71. The molecule has 7 heteroatoms. The van der Waals surface area contributed by atoms with E-state index in [-0.39, 0.29) is 11.5 Å². The summed E-state index contributed by atoms with van der Waals surface area (Å²) < 4.78 is 1.25. The van der Waals surface area contributed by atoms with Gasteiger partial charge in [-0.25, -0.2) is 0 Å². The van der Waals surface area contributed by atoms with Gasteiger partial charge in [0.2, 0.25) is 5.91 Å². The van der Waals surface area contributed by atoms with Crippen LogP contribution in [-0.4, -0.2) is 52.0 Å². The second-order valence-corrected chi connectivity index (χ2v) is 7.81. The smallest absolute Gasteiger partial charge is 0.278 e. The summed E-state index contributed by atoms with van der Waals surface area (Å²) in [6.07, 6.45) is 0.489. The van der Waals surface area contributed by atoms with Gasteiger partial charge in [-0.1, -0.05) is 36.4 Å². The molecular weight excluding hydrogens is 378 g/mol. The standard InChI is InChI=1S/C23H27N5O2/c1-4-20(28-22(29)18-9-5-6-10-19(18)24-25-28)23(30)27-14-12-26(13-15-27)21-11-7-8-16(2)17(21)3/h5-11,20H,4,12-15H2,1-3H3/t20-/m0/s1. The Balaban J connectivity index is 1.52. The van der Waals surface area contributed by atoms with Crippen LogP contribution in [0.4, 0.5) is 5.69 Å². The lowest BCUT2D eigenvalue weighted by atomic mass is 10.1. The molecule has 0 spiro atoms. The number of amides is 1. The Morgan fingerprint density at radius 3 is 2.50 bits per heavy atom. The van der Waals surface area contributed by atoms with Crippen LogP contribution in [0, 0.1) is 13.8 Å². The van der Waals surface area contributed by atoms with E-state index in [2.05, 4.69) is 47.3 Å². The minimum atomic E-state index is -0.637. The zero-order valence-corrected chi connectivity index (χ0v) is 17.7. The van der Waals surface area contributed by atoms with Crippen molar-refractivity contribution in [2.45, 2.75) is 33.2 Å². The molecule has 0 N–H and O–H groups in total. The Morgan fingerprint density at radius 2 is 1.77 bits per heavy atom. The zero-order chi connectivity index (χ0) is 21.3. The molecule has 0 unspecified atom stereocenters. The van der Waals surface area contributed by atoms with Crippen molar-refractivity contribution in [3.05, 3.63) is 63.9 Å². The molecule has 156 valence electrons. The van der Waals surface area contributed by atoms with Crippen LogP contribution in [0.5, 0.6) is 0 Å². The van der Waals surface area contributed by atoms with E-state index in [0.29, 0.717) is 30.4 Å². The van der Waals surface area contributed by atoms with Crippen LogP contribution in [0.25, 0.3) is 10.9 Å². The summed E-state index contributed by atoms with van der Waals surface area (Å²) in [5.74, 6) is -0.0650. The highest BCUT2D eigenvalue weighted by atomic mass is 16.2. The number of benzene rings is 2. The van der Waals surface area contributed by atoms with Gasteiger partial charge in [0.05, 0.1) is 5.39 Å². The molecule has 0 radical (unpaired) electrons. The van der Waals surface area contributed by atoms with Gasteiger partial charge in [0, 0.05) is 31.9 Å². The molecule has 2 heterocycles. The van der Waals surface area contributed by atoms with Gasteiger partial charge in [-0.05, 0) is 49.6 Å². The molecule has 3 aromatic rings. The Labute approximate surface area is 175 Å². The quantitative estimate of drug-likeness (QED) is 0.667. The lowest BCUT2D eigenvalue weighted by Crippen LogP contribution is -2.51. The highest BCUT2D eigenvalue weighted by Crippen LogP contribution is 2.24. The number of aryl methyl sites for hydroxylation is 1. The molecule has 2 aromatic carbocycles. The fourth-order valence-corrected chi connectivity index (χ4v) is 4.11. The Kier molecular flexibility index (Phi) is 5.53. The summed E-state index contributed by atoms with van der Waals surface area (Å²) in [5, 5.41) is 8.70. The molecule has 1 saturated heterocycles. The number of carbonyl (C=O) groups excluding carboxylic acids is 1. The third-order valence-electron chi connectivity index (χ3n) is 6.07. The van der Waals surface area contributed by atoms with Gasteiger partial charge in [0.25, 0.3) is 5.56 Å². The van der Waals surface area contributed by atoms with Gasteiger partial charge < -0.3 is 9.80 Å². The molecule has 0 saturated carbocycles. The molecule has 1 aromatic heterocycles. The predicted molar refractivity (Wildman–Crippen MR) is 118 cm³/mol. The molecule has 0 bridgehead atoms. The average Bonchev–Trinajstić information content (AvgIpc) is 2.78. The number of nitrogens with zero attached hydrogens (tertiary/aromatic N) is 5. The number of piperazine rings is 1. The molecule has 1 atom stereocenters. The summed E-state index contributed by atoms with van der Waals surface area (Å²) in [4.78, 5) is 30.3. The fourth-order valence-electron chi connectivity index (χ4n) is 4.11. The van der Waals surface area contributed by atoms with Crippen molar-refractivity contribution in [1.29, 1.82) is 0 Å². The van der Waals surface area contributed by atoms with E-state index < -0.39 is 6.04 Å². The van der Waals surface area contributed by atoms with Crippen LogP contribution in [-0.2, 0) is 4.79 Å². The number of aromatic nitrogens is 3. The van der Waals surface area contributed by atoms with E-state index in [0.717, 1.165) is 13.1 Å². The van der Waals surface area contributed by atoms with Crippen molar-refractivity contribution in [2.75, 3.05) is 31.1 Å². The number of carbonyl (C=O) groups is 1. The second-order valence-electron chi connectivity index (χ2n) is 7.81. The third-order valence-corrected chi connectivity index (χ3v) is 6.07. The van der Waals surface area contributed by atoms with Crippen molar-refractivity contribution >= 4 is 22.5 Å². The van der Waals surface area contributed by atoms with Crippen LogP contribution < -0.4 is 10.5 Å². The maximum absolute atomic E-state index is 13.3. The Morgan fingerprint density at radius 1 is 1.03 bits per heavy atom. The first-order chi connectivity index (χ1) is 14.5. The molecule has 7 nitrogen and oxygen atoms in total.